The topological polar surface area (TPSA) is 71.5 Å². The molecule has 1 aromatic carbocycles. The molecule has 1 atom stereocenters. The highest BCUT2D eigenvalue weighted by Gasteiger charge is 2.37. The van der Waals surface area contributed by atoms with Crippen molar-refractivity contribution in [3.05, 3.63) is 40.3 Å². The molecule has 1 saturated heterocycles. The Morgan fingerprint density at radius 1 is 1.18 bits per heavy atom. The molecule has 1 fully saturated rings. The third-order valence-electron chi connectivity index (χ3n) is 4.45. The summed E-state index contributed by atoms with van der Waals surface area (Å²) in [6.07, 6.45) is 3.25. The molecular weight excluding hydrogens is 322 g/mol. The third-order valence-corrected chi connectivity index (χ3v) is 8.24. The first-order valence-corrected chi connectivity index (χ1v) is 10.5. The Morgan fingerprint density at radius 3 is 2.59 bits per heavy atom. The van der Waals surface area contributed by atoms with Crippen molar-refractivity contribution in [3.8, 4) is 0 Å². The molecule has 3 rings (SSSR count). The lowest BCUT2D eigenvalue weighted by atomic mass is 9.98. The molecule has 5 nitrogen and oxygen atoms in total. The number of hydrogen-bond donors (Lipinski definition) is 0. The smallest absolute Gasteiger partial charge is 0.229 e. The number of benzene rings is 1. The van der Waals surface area contributed by atoms with Crippen LogP contribution in [0.15, 0.2) is 29.2 Å². The molecule has 120 valence electrons. The van der Waals surface area contributed by atoms with Gasteiger partial charge in [0, 0.05) is 13.1 Å². The van der Waals surface area contributed by atoms with E-state index in [1.807, 2.05) is 24.3 Å². The van der Waals surface area contributed by atoms with Crippen LogP contribution in [0.1, 0.15) is 24.0 Å². The molecule has 0 bridgehead atoms. The maximum atomic E-state index is 12.8. The number of rotatable bonds is 3. The number of nitrogens with zero attached hydrogens (tertiary/aromatic N) is 1. The Kier molecular flexibility index (Phi) is 3.91. The van der Waals surface area contributed by atoms with E-state index in [0.29, 0.717) is 24.2 Å². The molecule has 0 amide bonds. The minimum absolute atomic E-state index is 0.0689. The molecule has 1 aliphatic heterocycles. The van der Waals surface area contributed by atoms with Gasteiger partial charge in [0.25, 0.3) is 0 Å². The summed E-state index contributed by atoms with van der Waals surface area (Å²) in [7, 11) is -5.23. The Morgan fingerprint density at radius 2 is 1.91 bits per heavy atom. The Labute approximate surface area is 131 Å². The van der Waals surface area contributed by atoms with Crippen LogP contribution in [0.5, 0.6) is 0 Å². The van der Waals surface area contributed by atoms with Crippen LogP contribution in [-0.4, -0.2) is 45.7 Å². The van der Waals surface area contributed by atoms with E-state index in [0.717, 1.165) is 11.1 Å². The maximum absolute atomic E-state index is 12.8. The Hall–Kier alpha value is -1.18. The SMILES string of the molecule is CN(C1CCS(=O)(=O)C1)S(=O)(=O)C1=Cc2ccccc2CC1. The van der Waals surface area contributed by atoms with E-state index in [4.69, 9.17) is 0 Å². The predicted molar refractivity (Wildman–Crippen MR) is 86.5 cm³/mol. The van der Waals surface area contributed by atoms with Gasteiger partial charge in [-0.1, -0.05) is 24.3 Å². The first-order chi connectivity index (χ1) is 10.3. The Balaban J connectivity index is 1.89. The van der Waals surface area contributed by atoms with Crippen LogP contribution in [0, 0.1) is 0 Å². The Bertz CT molecular complexity index is 825. The highest BCUT2D eigenvalue weighted by Crippen LogP contribution is 2.30. The number of sulfonamides is 1. The number of allylic oxidation sites excluding steroid dienone is 1. The van der Waals surface area contributed by atoms with Gasteiger partial charge in [-0.3, -0.25) is 0 Å². The van der Waals surface area contributed by atoms with Crippen LogP contribution in [-0.2, 0) is 26.3 Å². The molecule has 1 heterocycles. The van der Waals surface area contributed by atoms with Crippen molar-refractivity contribution >= 4 is 25.9 Å². The van der Waals surface area contributed by atoms with Crippen molar-refractivity contribution in [2.24, 2.45) is 0 Å². The lowest BCUT2D eigenvalue weighted by Gasteiger charge is -2.26. The third kappa shape index (κ3) is 2.85. The van der Waals surface area contributed by atoms with Crippen molar-refractivity contribution in [1.29, 1.82) is 0 Å². The van der Waals surface area contributed by atoms with Gasteiger partial charge in [0.05, 0.1) is 16.4 Å². The average molecular weight is 341 g/mol. The van der Waals surface area contributed by atoms with Gasteiger partial charge in [0.15, 0.2) is 9.84 Å². The van der Waals surface area contributed by atoms with E-state index in [-0.39, 0.29) is 11.5 Å². The minimum atomic E-state index is -3.61. The largest absolute Gasteiger partial charge is 0.239 e. The first kappa shape index (κ1) is 15.7. The molecule has 1 aliphatic carbocycles. The fraction of sp³-hybridized carbons (Fsp3) is 0.467. The van der Waals surface area contributed by atoms with Gasteiger partial charge < -0.3 is 0 Å². The lowest BCUT2D eigenvalue weighted by Crippen LogP contribution is -2.38. The molecular formula is C15H19NO4S2. The van der Waals surface area contributed by atoms with E-state index < -0.39 is 25.9 Å². The summed E-state index contributed by atoms with van der Waals surface area (Å²) in [4.78, 5) is 0.373. The van der Waals surface area contributed by atoms with E-state index in [1.165, 1.54) is 11.4 Å². The minimum Gasteiger partial charge on any atom is -0.229 e. The van der Waals surface area contributed by atoms with Crippen molar-refractivity contribution in [1.82, 2.24) is 4.31 Å². The zero-order chi connectivity index (χ0) is 16.0. The summed E-state index contributed by atoms with van der Waals surface area (Å²) in [5.74, 6) is -0.00793. The summed E-state index contributed by atoms with van der Waals surface area (Å²) < 4.78 is 49.9. The van der Waals surface area contributed by atoms with Crippen LogP contribution in [0.4, 0.5) is 0 Å². The summed E-state index contributed by atoms with van der Waals surface area (Å²) >= 11 is 0. The standard InChI is InChI=1S/C15H19NO4S2/c1-16(14-8-9-21(17,18)11-14)22(19,20)15-7-6-12-4-2-3-5-13(12)10-15/h2-5,10,14H,6-9,11H2,1H3. The fourth-order valence-corrected chi connectivity index (χ4v) is 6.50. The second-order valence-corrected chi connectivity index (χ2v) is 10.2. The molecule has 0 aromatic heterocycles. The number of aryl methyl sites for hydroxylation is 1. The van der Waals surface area contributed by atoms with Gasteiger partial charge in [0.1, 0.15) is 0 Å². The number of hydrogen-bond acceptors (Lipinski definition) is 4. The summed E-state index contributed by atoms with van der Waals surface area (Å²) in [6, 6.07) is 7.29. The van der Waals surface area contributed by atoms with Crippen LogP contribution in [0.2, 0.25) is 0 Å². The van der Waals surface area contributed by atoms with Crippen LogP contribution in [0.25, 0.3) is 6.08 Å². The number of fused-ring (bicyclic) bond motifs is 1. The van der Waals surface area contributed by atoms with Gasteiger partial charge in [-0.15, -0.1) is 0 Å². The second kappa shape index (κ2) is 5.47. The normalized spacial score (nSPS) is 24.1. The van der Waals surface area contributed by atoms with Crippen molar-refractivity contribution in [3.63, 3.8) is 0 Å². The van der Waals surface area contributed by atoms with E-state index in [1.54, 1.807) is 6.08 Å². The molecule has 0 radical (unpaired) electrons. The monoisotopic (exact) mass is 341 g/mol. The maximum Gasteiger partial charge on any atom is 0.239 e. The van der Waals surface area contributed by atoms with Gasteiger partial charge >= 0.3 is 0 Å². The van der Waals surface area contributed by atoms with Crippen LogP contribution in [0.3, 0.4) is 0 Å². The van der Waals surface area contributed by atoms with E-state index in [2.05, 4.69) is 0 Å². The molecule has 0 N–H and O–H groups in total. The summed E-state index contributed by atoms with van der Waals surface area (Å²) in [6.45, 7) is 0. The van der Waals surface area contributed by atoms with Gasteiger partial charge in [0.2, 0.25) is 10.0 Å². The average Bonchev–Trinajstić information content (AvgIpc) is 2.86. The highest BCUT2D eigenvalue weighted by molar-refractivity contribution is 7.93. The lowest BCUT2D eigenvalue weighted by molar-refractivity contribution is 0.397. The molecule has 1 unspecified atom stereocenters. The zero-order valence-corrected chi connectivity index (χ0v) is 14.0. The zero-order valence-electron chi connectivity index (χ0n) is 12.4. The summed E-state index contributed by atoms with van der Waals surface area (Å²) in [5, 5.41) is 0. The van der Waals surface area contributed by atoms with E-state index in [9.17, 15) is 16.8 Å². The quantitative estimate of drug-likeness (QED) is 0.834. The predicted octanol–water partition coefficient (Wildman–Crippen LogP) is 1.42. The van der Waals surface area contributed by atoms with Crippen molar-refractivity contribution in [2.45, 2.75) is 25.3 Å². The molecule has 2 aliphatic rings. The molecule has 0 spiro atoms. The molecule has 22 heavy (non-hydrogen) atoms. The van der Waals surface area contributed by atoms with Crippen LogP contribution < -0.4 is 0 Å². The van der Waals surface area contributed by atoms with E-state index >= 15 is 0 Å². The molecule has 0 saturated carbocycles. The van der Waals surface area contributed by atoms with Gasteiger partial charge in [-0.25, -0.2) is 16.8 Å². The highest BCUT2D eigenvalue weighted by atomic mass is 32.2. The van der Waals surface area contributed by atoms with Gasteiger partial charge in [-0.2, -0.15) is 4.31 Å². The van der Waals surface area contributed by atoms with Gasteiger partial charge in [-0.05, 0) is 36.5 Å². The number of sulfone groups is 1. The van der Waals surface area contributed by atoms with Crippen molar-refractivity contribution < 1.29 is 16.8 Å². The van der Waals surface area contributed by atoms with Crippen molar-refractivity contribution in [2.75, 3.05) is 18.6 Å². The van der Waals surface area contributed by atoms with Crippen LogP contribution >= 0.6 is 0 Å². The first-order valence-electron chi connectivity index (χ1n) is 7.26. The fourth-order valence-electron chi connectivity index (χ4n) is 3.05. The molecule has 1 aromatic rings. The second-order valence-electron chi connectivity index (χ2n) is 5.89. The molecule has 7 heteroatoms. The summed E-state index contributed by atoms with van der Waals surface area (Å²) in [5.41, 5.74) is 2.08.